The number of rotatable bonds is 3. The van der Waals surface area contributed by atoms with Crippen molar-refractivity contribution >= 4 is 22.9 Å². The molecule has 4 nitrogen and oxygen atoms in total. The number of thiophene rings is 1. The Morgan fingerprint density at radius 3 is 2.82 bits per heavy atom. The van der Waals surface area contributed by atoms with Crippen LogP contribution in [-0.2, 0) is 0 Å². The van der Waals surface area contributed by atoms with Gasteiger partial charge in [0.25, 0.3) is 5.91 Å². The molecule has 1 aromatic carbocycles. The Hall–Kier alpha value is -2.01. The molecule has 88 valence electrons. The van der Waals surface area contributed by atoms with E-state index in [0.29, 0.717) is 5.75 Å². The maximum Gasteiger partial charge on any atom is 0.259 e. The molecule has 0 aliphatic carbocycles. The maximum atomic E-state index is 11.8. The third-order valence-corrected chi connectivity index (χ3v) is 2.91. The number of ether oxygens (including phenoxy) is 1. The van der Waals surface area contributed by atoms with Crippen LogP contribution in [0.25, 0.3) is 0 Å². The number of methoxy groups -OCH3 is 1. The molecule has 2 N–H and O–H groups in total. The van der Waals surface area contributed by atoms with Gasteiger partial charge in [-0.05, 0) is 23.6 Å². The van der Waals surface area contributed by atoms with Crippen molar-refractivity contribution < 1.29 is 14.6 Å². The van der Waals surface area contributed by atoms with Crippen molar-refractivity contribution in [3.63, 3.8) is 0 Å². The van der Waals surface area contributed by atoms with Crippen LogP contribution in [-0.4, -0.2) is 18.1 Å². The Morgan fingerprint density at radius 2 is 2.24 bits per heavy atom. The number of hydrogen-bond donors (Lipinski definition) is 2. The minimum Gasteiger partial charge on any atom is -0.507 e. The Morgan fingerprint density at radius 1 is 1.41 bits per heavy atom. The molecule has 2 rings (SSSR count). The summed E-state index contributed by atoms with van der Waals surface area (Å²) in [4.78, 5) is 11.8. The van der Waals surface area contributed by atoms with Crippen molar-refractivity contribution in [1.82, 2.24) is 0 Å². The summed E-state index contributed by atoms with van der Waals surface area (Å²) in [6.45, 7) is 0. The number of carbonyl (C=O) groups is 1. The highest BCUT2D eigenvalue weighted by Crippen LogP contribution is 2.24. The molecule has 0 unspecified atom stereocenters. The molecule has 0 radical (unpaired) electrons. The van der Waals surface area contributed by atoms with Crippen molar-refractivity contribution in [3.8, 4) is 11.5 Å². The van der Waals surface area contributed by atoms with E-state index in [-0.39, 0.29) is 17.2 Å². The van der Waals surface area contributed by atoms with Gasteiger partial charge in [0, 0.05) is 11.4 Å². The highest BCUT2D eigenvalue weighted by molar-refractivity contribution is 7.08. The summed E-state index contributed by atoms with van der Waals surface area (Å²) in [7, 11) is 1.50. The lowest BCUT2D eigenvalue weighted by Crippen LogP contribution is -2.11. The molecule has 0 saturated carbocycles. The first-order chi connectivity index (χ1) is 8.20. The molecule has 0 bridgehead atoms. The standard InChI is InChI=1S/C12H11NO3S/c1-16-9-2-3-10(11(14)6-9)12(15)13-8-4-5-17-7-8/h2-7,14H,1H3,(H,13,15). The number of phenols is 1. The van der Waals surface area contributed by atoms with Crippen molar-refractivity contribution in [3.05, 3.63) is 40.6 Å². The molecule has 17 heavy (non-hydrogen) atoms. The molecule has 0 aliphatic rings. The molecule has 1 amide bonds. The second-order valence-corrected chi connectivity index (χ2v) is 4.13. The van der Waals surface area contributed by atoms with Crippen LogP contribution in [0, 0.1) is 0 Å². The van der Waals surface area contributed by atoms with Crippen molar-refractivity contribution in [2.24, 2.45) is 0 Å². The summed E-state index contributed by atoms with van der Waals surface area (Å²) in [5, 5.41) is 16.1. The van der Waals surface area contributed by atoms with Gasteiger partial charge < -0.3 is 15.2 Å². The highest BCUT2D eigenvalue weighted by Gasteiger charge is 2.12. The third-order valence-electron chi connectivity index (χ3n) is 2.23. The van der Waals surface area contributed by atoms with Gasteiger partial charge in [-0.25, -0.2) is 0 Å². The summed E-state index contributed by atoms with van der Waals surface area (Å²) in [6, 6.07) is 6.35. The lowest BCUT2D eigenvalue weighted by atomic mass is 10.2. The van der Waals surface area contributed by atoms with Crippen molar-refractivity contribution in [1.29, 1.82) is 0 Å². The van der Waals surface area contributed by atoms with Crippen LogP contribution >= 0.6 is 11.3 Å². The van der Waals surface area contributed by atoms with E-state index in [1.807, 2.05) is 10.8 Å². The van der Waals surface area contributed by atoms with Crippen molar-refractivity contribution in [2.45, 2.75) is 0 Å². The molecule has 0 aliphatic heterocycles. The van der Waals surface area contributed by atoms with Crippen LogP contribution in [0.4, 0.5) is 5.69 Å². The van der Waals surface area contributed by atoms with E-state index in [1.165, 1.54) is 30.6 Å². The van der Waals surface area contributed by atoms with Gasteiger partial charge >= 0.3 is 0 Å². The van der Waals surface area contributed by atoms with Gasteiger partial charge in [0.05, 0.1) is 18.4 Å². The average molecular weight is 249 g/mol. The van der Waals surface area contributed by atoms with E-state index in [1.54, 1.807) is 12.1 Å². The van der Waals surface area contributed by atoms with Gasteiger partial charge in [-0.2, -0.15) is 11.3 Å². The van der Waals surface area contributed by atoms with E-state index in [9.17, 15) is 9.90 Å². The molecule has 2 aromatic rings. The Balaban J connectivity index is 2.19. The van der Waals surface area contributed by atoms with Gasteiger partial charge in [0.2, 0.25) is 0 Å². The number of amides is 1. The third kappa shape index (κ3) is 2.57. The van der Waals surface area contributed by atoms with E-state index < -0.39 is 0 Å². The predicted octanol–water partition coefficient (Wildman–Crippen LogP) is 2.71. The van der Waals surface area contributed by atoms with Gasteiger partial charge in [-0.15, -0.1) is 0 Å². The maximum absolute atomic E-state index is 11.8. The van der Waals surface area contributed by atoms with Gasteiger partial charge in [-0.1, -0.05) is 0 Å². The first-order valence-corrected chi connectivity index (χ1v) is 5.85. The largest absolute Gasteiger partial charge is 0.507 e. The fourth-order valence-corrected chi connectivity index (χ4v) is 1.95. The second kappa shape index (κ2) is 4.88. The number of aromatic hydroxyl groups is 1. The lowest BCUT2D eigenvalue weighted by molar-refractivity contribution is 0.102. The quantitative estimate of drug-likeness (QED) is 0.879. The van der Waals surface area contributed by atoms with E-state index >= 15 is 0 Å². The van der Waals surface area contributed by atoms with Crippen LogP contribution in [0.2, 0.25) is 0 Å². The highest BCUT2D eigenvalue weighted by atomic mass is 32.1. The van der Waals surface area contributed by atoms with Crippen LogP contribution in [0.1, 0.15) is 10.4 Å². The summed E-state index contributed by atoms with van der Waals surface area (Å²) in [5.41, 5.74) is 0.937. The summed E-state index contributed by atoms with van der Waals surface area (Å²) >= 11 is 1.49. The SMILES string of the molecule is COc1ccc(C(=O)Nc2ccsc2)c(O)c1. The van der Waals surface area contributed by atoms with Crippen LogP contribution in [0.15, 0.2) is 35.0 Å². The zero-order valence-corrected chi connectivity index (χ0v) is 9.95. The Labute approximate surface area is 102 Å². The van der Waals surface area contributed by atoms with Crippen LogP contribution < -0.4 is 10.1 Å². The second-order valence-electron chi connectivity index (χ2n) is 3.35. The first-order valence-electron chi connectivity index (χ1n) is 4.91. The monoisotopic (exact) mass is 249 g/mol. The van der Waals surface area contributed by atoms with Crippen molar-refractivity contribution in [2.75, 3.05) is 12.4 Å². The smallest absolute Gasteiger partial charge is 0.259 e. The van der Waals surface area contributed by atoms with Gasteiger partial charge in [0.1, 0.15) is 11.5 Å². The Bertz CT molecular complexity index is 523. The number of phenolic OH excluding ortho intramolecular Hbond substituents is 1. The lowest BCUT2D eigenvalue weighted by Gasteiger charge is -2.06. The molecule has 1 aromatic heterocycles. The van der Waals surface area contributed by atoms with Gasteiger partial charge in [-0.3, -0.25) is 4.79 Å². The van der Waals surface area contributed by atoms with E-state index in [2.05, 4.69) is 5.32 Å². The van der Waals surface area contributed by atoms with E-state index in [4.69, 9.17) is 4.74 Å². The average Bonchev–Trinajstić information content (AvgIpc) is 2.81. The van der Waals surface area contributed by atoms with Gasteiger partial charge in [0.15, 0.2) is 0 Å². The normalized spacial score (nSPS) is 9.94. The summed E-state index contributed by atoms with van der Waals surface area (Å²) < 4.78 is 4.95. The molecule has 0 fully saturated rings. The van der Waals surface area contributed by atoms with Crippen LogP contribution in [0.5, 0.6) is 11.5 Å². The molecule has 0 saturated heterocycles. The molecular weight excluding hydrogens is 238 g/mol. The Kier molecular flexibility index (Phi) is 3.30. The number of hydrogen-bond acceptors (Lipinski definition) is 4. The van der Waals surface area contributed by atoms with E-state index in [0.717, 1.165) is 5.69 Å². The zero-order valence-electron chi connectivity index (χ0n) is 9.14. The minimum absolute atomic E-state index is 0.0999. The minimum atomic E-state index is -0.344. The molecule has 5 heteroatoms. The molecule has 1 heterocycles. The number of carbonyl (C=O) groups excluding carboxylic acids is 1. The number of benzene rings is 1. The summed E-state index contributed by atoms with van der Waals surface area (Å²) in [6.07, 6.45) is 0. The number of anilines is 1. The topological polar surface area (TPSA) is 58.6 Å². The summed E-state index contributed by atoms with van der Waals surface area (Å²) in [5.74, 6) is 0.0650. The number of nitrogens with one attached hydrogen (secondary N) is 1. The predicted molar refractivity (Wildman–Crippen MR) is 66.9 cm³/mol. The van der Waals surface area contributed by atoms with Crippen LogP contribution in [0.3, 0.4) is 0 Å². The molecule has 0 atom stereocenters. The fraction of sp³-hybridized carbons (Fsp3) is 0.0833. The first kappa shape index (κ1) is 11.5. The molecular formula is C12H11NO3S. The zero-order chi connectivity index (χ0) is 12.3. The fourth-order valence-electron chi connectivity index (χ4n) is 1.36. The molecule has 0 spiro atoms.